The van der Waals surface area contributed by atoms with Crippen LogP contribution in [0.4, 0.5) is 0 Å². The molecule has 1 aliphatic heterocycles. The molecule has 5 nitrogen and oxygen atoms in total. The van der Waals surface area contributed by atoms with Gasteiger partial charge < -0.3 is 5.32 Å². The molecule has 1 aromatic carbocycles. The van der Waals surface area contributed by atoms with Gasteiger partial charge in [0.2, 0.25) is 17.7 Å². The van der Waals surface area contributed by atoms with E-state index in [9.17, 15) is 14.4 Å². The van der Waals surface area contributed by atoms with Crippen molar-refractivity contribution in [2.45, 2.75) is 46.1 Å². The molecule has 0 aliphatic carbocycles. The van der Waals surface area contributed by atoms with Gasteiger partial charge in [0.15, 0.2) is 0 Å². The monoisotopic (exact) mass is 302 g/mol. The van der Waals surface area contributed by atoms with Gasteiger partial charge >= 0.3 is 0 Å². The molecule has 1 aliphatic rings. The molecule has 0 radical (unpaired) electrons. The Morgan fingerprint density at radius 2 is 1.86 bits per heavy atom. The molecule has 0 spiro atoms. The molecule has 1 saturated heterocycles. The second-order valence-corrected chi connectivity index (χ2v) is 5.84. The number of hydrogen-bond donors (Lipinski definition) is 1. The van der Waals surface area contributed by atoms with Crippen LogP contribution in [0.1, 0.15) is 48.9 Å². The van der Waals surface area contributed by atoms with Crippen molar-refractivity contribution in [3.8, 4) is 0 Å². The van der Waals surface area contributed by atoms with Crippen molar-refractivity contribution in [2.75, 3.05) is 6.54 Å². The topological polar surface area (TPSA) is 66.5 Å². The normalized spacial score (nSPS) is 16.0. The van der Waals surface area contributed by atoms with Crippen LogP contribution in [0.15, 0.2) is 18.2 Å². The summed E-state index contributed by atoms with van der Waals surface area (Å²) < 4.78 is 0. The Morgan fingerprint density at radius 3 is 2.50 bits per heavy atom. The first-order valence-electron chi connectivity index (χ1n) is 7.58. The second-order valence-electron chi connectivity index (χ2n) is 5.84. The average molecular weight is 302 g/mol. The van der Waals surface area contributed by atoms with Gasteiger partial charge in [0.1, 0.15) is 0 Å². The molecule has 3 amide bonds. The fourth-order valence-electron chi connectivity index (χ4n) is 2.70. The van der Waals surface area contributed by atoms with E-state index >= 15 is 0 Å². The first-order chi connectivity index (χ1) is 10.4. The summed E-state index contributed by atoms with van der Waals surface area (Å²) >= 11 is 0. The van der Waals surface area contributed by atoms with Crippen LogP contribution < -0.4 is 5.32 Å². The molecule has 0 saturated carbocycles. The van der Waals surface area contributed by atoms with E-state index in [1.54, 1.807) is 0 Å². The minimum atomic E-state index is -0.180. The highest BCUT2D eigenvalue weighted by molar-refractivity contribution is 6.02. The molecular formula is C17H22N2O3. The average Bonchev–Trinajstić information content (AvgIpc) is 2.78. The summed E-state index contributed by atoms with van der Waals surface area (Å²) in [5.74, 6) is -0.512. The van der Waals surface area contributed by atoms with E-state index in [-0.39, 0.29) is 49.6 Å². The van der Waals surface area contributed by atoms with Crippen molar-refractivity contribution in [3.63, 3.8) is 0 Å². The third kappa shape index (κ3) is 3.72. The van der Waals surface area contributed by atoms with Crippen LogP contribution in [-0.4, -0.2) is 29.2 Å². The van der Waals surface area contributed by atoms with Gasteiger partial charge in [-0.15, -0.1) is 0 Å². The number of rotatable bonds is 5. The first kappa shape index (κ1) is 16.2. The van der Waals surface area contributed by atoms with Gasteiger partial charge in [-0.05, 0) is 31.9 Å². The summed E-state index contributed by atoms with van der Waals surface area (Å²) in [6.07, 6.45) is 0.672. The molecule has 1 N–H and O–H groups in total. The zero-order valence-corrected chi connectivity index (χ0v) is 13.3. The number of amides is 3. The summed E-state index contributed by atoms with van der Waals surface area (Å²) in [6, 6.07) is 6.04. The van der Waals surface area contributed by atoms with Gasteiger partial charge in [-0.1, -0.05) is 23.8 Å². The smallest absolute Gasteiger partial charge is 0.229 e. The largest absolute Gasteiger partial charge is 0.350 e. The van der Waals surface area contributed by atoms with Crippen LogP contribution in [0.5, 0.6) is 0 Å². The highest BCUT2D eigenvalue weighted by Crippen LogP contribution is 2.19. The van der Waals surface area contributed by atoms with E-state index in [1.807, 2.05) is 32.9 Å². The predicted octanol–water partition coefficient (Wildman–Crippen LogP) is 2.02. The fraction of sp³-hybridized carbons (Fsp3) is 0.471. The Bertz CT molecular complexity index is 594. The minimum Gasteiger partial charge on any atom is -0.350 e. The molecule has 118 valence electrons. The molecule has 1 fully saturated rings. The third-order valence-corrected chi connectivity index (χ3v) is 4.00. The van der Waals surface area contributed by atoms with Gasteiger partial charge in [-0.2, -0.15) is 0 Å². The number of benzene rings is 1. The van der Waals surface area contributed by atoms with E-state index in [1.165, 1.54) is 4.90 Å². The van der Waals surface area contributed by atoms with Crippen molar-refractivity contribution >= 4 is 17.7 Å². The van der Waals surface area contributed by atoms with Crippen molar-refractivity contribution < 1.29 is 14.4 Å². The van der Waals surface area contributed by atoms with Gasteiger partial charge in [0, 0.05) is 25.8 Å². The lowest BCUT2D eigenvalue weighted by molar-refractivity contribution is -0.138. The quantitative estimate of drug-likeness (QED) is 0.846. The molecule has 22 heavy (non-hydrogen) atoms. The number of carbonyl (C=O) groups excluding carboxylic acids is 3. The molecule has 5 heteroatoms. The number of nitrogens with one attached hydrogen (secondary N) is 1. The Labute approximate surface area is 130 Å². The maximum absolute atomic E-state index is 12.0. The van der Waals surface area contributed by atoms with E-state index in [0.717, 1.165) is 16.7 Å². The lowest BCUT2D eigenvalue weighted by atomic mass is 10.00. The summed E-state index contributed by atoms with van der Waals surface area (Å²) in [4.78, 5) is 36.2. The molecule has 1 heterocycles. The van der Waals surface area contributed by atoms with Crippen LogP contribution in [0, 0.1) is 13.8 Å². The number of nitrogens with zero attached hydrogens (tertiary/aromatic N) is 1. The van der Waals surface area contributed by atoms with E-state index in [0.29, 0.717) is 0 Å². The van der Waals surface area contributed by atoms with E-state index in [4.69, 9.17) is 0 Å². The standard InChI is InChI=1S/C17H22N2O3/c1-11-4-5-12(2)14(10-11)13(3)18-15(20)8-9-19-16(21)6-7-17(19)22/h4-5,10,13H,6-9H2,1-3H3,(H,18,20)/t13-/m0/s1. The van der Waals surface area contributed by atoms with Crippen molar-refractivity contribution in [2.24, 2.45) is 0 Å². The number of imide groups is 1. The zero-order valence-electron chi connectivity index (χ0n) is 13.3. The van der Waals surface area contributed by atoms with E-state index < -0.39 is 0 Å². The number of carbonyl (C=O) groups is 3. The van der Waals surface area contributed by atoms with Crippen LogP contribution in [-0.2, 0) is 14.4 Å². The molecule has 1 atom stereocenters. The number of likely N-dealkylation sites (tertiary alicyclic amines) is 1. The lowest BCUT2D eigenvalue weighted by Crippen LogP contribution is -2.35. The molecular weight excluding hydrogens is 280 g/mol. The van der Waals surface area contributed by atoms with Gasteiger partial charge in [-0.25, -0.2) is 0 Å². The minimum absolute atomic E-state index is 0.0996. The molecule has 2 rings (SSSR count). The zero-order chi connectivity index (χ0) is 16.3. The SMILES string of the molecule is Cc1ccc(C)c([C@H](C)NC(=O)CCN2C(=O)CCC2=O)c1. The fourth-order valence-corrected chi connectivity index (χ4v) is 2.70. The summed E-state index contributed by atoms with van der Waals surface area (Å²) in [5, 5.41) is 2.93. The van der Waals surface area contributed by atoms with Gasteiger partial charge in [0.05, 0.1) is 6.04 Å². The highest BCUT2D eigenvalue weighted by Gasteiger charge is 2.28. The highest BCUT2D eigenvalue weighted by atomic mass is 16.2. The number of hydrogen-bond acceptors (Lipinski definition) is 3. The van der Waals surface area contributed by atoms with Crippen LogP contribution >= 0.6 is 0 Å². The molecule has 1 aromatic rings. The Hall–Kier alpha value is -2.17. The lowest BCUT2D eigenvalue weighted by Gasteiger charge is -2.18. The maximum atomic E-state index is 12.0. The Morgan fingerprint density at radius 1 is 1.23 bits per heavy atom. The van der Waals surface area contributed by atoms with Crippen molar-refractivity contribution in [1.29, 1.82) is 0 Å². The summed E-state index contributed by atoms with van der Waals surface area (Å²) in [6.45, 7) is 6.13. The Kier molecular flexibility index (Phi) is 4.96. The Balaban J connectivity index is 1.90. The predicted molar refractivity (Wildman–Crippen MR) is 83.0 cm³/mol. The second kappa shape index (κ2) is 6.73. The van der Waals surface area contributed by atoms with Crippen LogP contribution in [0.3, 0.4) is 0 Å². The summed E-state index contributed by atoms with van der Waals surface area (Å²) in [5.41, 5.74) is 3.36. The number of aryl methyl sites for hydroxylation is 2. The van der Waals surface area contributed by atoms with Crippen LogP contribution in [0.2, 0.25) is 0 Å². The first-order valence-corrected chi connectivity index (χ1v) is 7.58. The van der Waals surface area contributed by atoms with E-state index in [2.05, 4.69) is 11.4 Å². The van der Waals surface area contributed by atoms with Crippen LogP contribution in [0.25, 0.3) is 0 Å². The maximum Gasteiger partial charge on any atom is 0.229 e. The van der Waals surface area contributed by atoms with Crippen molar-refractivity contribution in [3.05, 3.63) is 34.9 Å². The van der Waals surface area contributed by atoms with Crippen molar-refractivity contribution in [1.82, 2.24) is 10.2 Å². The molecule has 0 unspecified atom stereocenters. The molecule has 0 aromatic heterocycles. The third-order valence-electron chi connectivity index (χ3n) is 4.00. The van der Waals surface area contributed by atoms with Gasteiger partial charge in [0.25, 0.3) is 0 Å². The summed E-state index contributed by atoms with van der Waals surface area (Å²) in [7, 11) is 0. The molecule has 0 bridgehead atoms. The van der Waals surface area contributed by atoms with Gasteiger partial charge in [-0.3, -0.25) is 19.3 Å².